The molecule has 2 aliphatic heterocycles. The Labute approximate surface area is 205 Å². The molecule has 2 saturated heterocycles. The summed E-state index contributed by atoms with van der Waals surface area (Å²) in [5, 5.41) is 64.4. The Bertz CT molecular complexity index is 1100. The Morgan fingerprint density at radius 2 is 1.49 bits per heavy atom. The first-order valence-electron chi connectivity index (χ1n) is 10.0. The Kier molecular flexibility index (Phi) is 10.8. The topological polar surface area (TPSA) is 328 Å². The first kappa shape index (κ1) is 31.8. The second kappa shape index (κ2) is 12.6. The van der Waals surface area contributed by atoms with E-state index >= 15 is 0 Å². The molecule has 2 aliphatic rings. The smallest absolute Gasteiger partial charge is 0.394 e. The summed E-state index contributed by atoms with van der Waals surface area (Å²) in [5.41, 5.74) is -1.65. The Morgan fingerprint density at radius 1 is 0.892 bits per heavy atom. The van der Waals surface area contributed by atoms with E-state index in [9.17, 15) is 28.9 Å². The third-order valence-electron chi connectivity index (χ3n) is 4.94. The third kappa shape index (κ3) is 8.53. The Balaban J connectivity index is 0.000000335. The normalized spacial score (nSPS) is 35.9. The van der Waals surface area contributed by atoms with Gasteiger partial charge in [-0.3, -0.25) is 18.9 Å². The number of hydrogen-bond acceptors (Lipinski definition) is 15. The fourth-order valence-corrected chi connectivity index (χ4v) is 4.73. The van der Waals surface area contributed by atoms with E-state index in [1.807, 2.05) is 4.98 Å². The zero-order valence-corrected chi connectivity index (χ0v) is 20.1. The highest BCUT2D eigenvalue weighted by molar-refractivity contribution is 7.60. The van der Waals surface area contributed by atoms with Crippen LogP contribution in [-0.2, 0) is 27.4 Å². The van der Waals surface area contributed by atoms with Crippen molar-refractivity contribution in [2.45, 2.75) is 55.2 Å². The predicted octanol–water partition coefficient (Wildman–Crippen LogP) is -5.84. The van der Waals surface area contributed by atoms with Gasteiger partial charge in [-0.15, -0.1) is 0 Å². The van der Waals surface area contributed by atoms with Gasteiger partial charge < -0.3 is 59.9 Å². The molecule has 0 spiro atoms. The van der Waals surface area contributed by atoms with Crippen molar-refractivity contribution in [1.82, 2.24) is 9.55 Å². The average molecular weight is 584 g/mol. The summed E-state index contributed by atoms with van der Waals surface area (Å²) >= 11 is 0. The molecule has 0 aliphatic carbocycles. The number of phosphoric ester groups is 1. The van der Waals surface area contributed by atoms with Gasteiger partial charge in [0, 0.05) is 12.3 Å². The predicted molar refractivity (Wildman–Crippen MR) is 112 cm³/mol. The van der Waals surface area contributed by atoms with Gasteiger partial charge in [0.25, 0.3) is 5.56 Å². The fourth-order valence-electron chi connectivity index (χ4n) is 3.13. The van der Waals surface area contributed by atoms with Crippen LogP contribution in [-0.4, -0.2) is 122 Å². The summed E-state index contributed by atoms with van der Waals surface area (Å²) in [7, 11) is -10.5. The number of H-pyrrole nitrogens is 1. The summed E-state index contributed by atoms with van der Waals surface area (Å²) in [6.07, 6.45) is -12.3. The van der Waals surface area contributed by atoms with Crippen LogP contribution in [0.3, 0.4) is 0 Å². The number of aliphatic hydroxyl groups is 7. The van der Waals surface area contributed by atoms with Gasteiger partial charge in [-0.25, -0.2) is 13.9 Å². The van der Waals surface area contributed by atoms with Crippen LogP contribution in [0.2, 0.25) is 0 Å². The lowest BCUT2D eigenvalue weighted by molar-refractivity contribution is -0.286. The van der Waals surface area contributed by atoms with E-state index in [2.05, 4.69) is 13.6 Å². The highest BCUT2D eigenvalue weighted by atomic mass is 31.3. The van der Waals surface area contributed by atoms with Crippen molar-refractivity contribution < 1.29 is 77.9 Å². The highest BCUT2D eigenvalue weighted by Gasteiger charge is 2.46. The molecule has 20 nitrogen and oxygen atoms in total. The second-order valence-corrected chi connectivity index (χ2v) is 10.4. The summed E-state index contributed by atoms with van der Waals surface area (Å²) in [4.78, 5) is 50.7. The summed E-state index contributed by atoms with van der Waals surface area (Å²) < 4.78 is 40.2. The van der Waals surface area contributed by atoms with Gasteiger partial charge >= 0.3 is 21.3 Å². The van der Waals surface area contributed by atoms with Crippen molar-refractivity contribution in [2.24, 2.45) is 0 Å². The molecule has 10 atom stereocenters. The van der Waals surface area contributed by atoms with Crippen LogP contribution >= 0.6 is 15.6 Å². The maximum Gasteiger partial charge on any atom is 0.481 e. The van der Waals surface area contributed by atoms with Crippen LogP contribution in [0.15, 0.2) is 21.9 Å². The van der Waals surface area contributed by atoms with Crippen LogP contribution in [0.25, 0.3) is 0 Å². The third-order valence-corrected chi connectivity index (χ3v) is 7.09. The summed E-state index contributed by atoms with van der Waals surface area (Å²) in [6.45, 7) is -1.43. The van der Waals surface area contributed by atoms with Gasteiger partial charge in [0.15, 0.2) is 12.5 Å². The van der Waals surface area contributed by atoms with Crippen LogP contribution in [0, 0.1) is 0 Å². The van der Waals surface area contributed by atoms with Crippen molar-refractivity contribution >= 4 is 15.6 Å². The highest BCUT2D eigenvalue weighted by Crippen LogP contribution is 2.57. The minimum Gasteiger partial charge on any atom is -0.394 e. The molecule has 2 fully saturated rings. The molecule has 3 heterocycles. The zero-order chi connectivity index (χ0) is 28.3. The molecule has 3 rings (SSSR count). The largest absolute Gasteiger partial charge is 0.481 e. The Morgan fingerprint density at radius 3 is 2.03 bits per heavy atom. The maximum atomic E-state index is 11.7. The van der Waals surface area contributed by atoms with Crippen LogP contribution in [0.4, 0.5) is 0 Å². The van der Waals surface area contributed by atoms with E-state index in [0.717, 1.165) is 16.8 Å². The molecule has 37 heavy (non-hydrogen) atoms. The van der Waals surface area contributed by atoms with Crippen LogP contribution in [0.5, 0.6) is 0 Å². The van der Waals surface area contributed by atoms with Gasteiger partial charge in [0.05, 0.1) is 13.2 Å². The van der Waals surface area contributed by atoms with Gasteiger partial charge in [-0.1, -0.05) is 0 Å². The first-order chi connectivity index (χ1) is 17.0. The quantitative estimate of drug-likeness (QED) is 0.133. The number of phosphoric acid groups is 2. The lowest BCUT2D eigenvalue weighted by atomic mass is 10.00. The lowest BCUT2D eigenvalue weighted by Gasteiger charge is -2.37. The van der Waals surface area contributed by atoms with E-state index in [0.29, 0.717) is 0 Å². The number of nitrogens with one attached hydrogen (secondary N) is 1. The summed E-state index contributed by atoms with van der Waals surface area (Å²) in [5.74, 6) is 0. The lowest BCUT2D eigenvalue weighted by Crippen LogP contribution is -2.58. The number of aliphatic hydroxyl groups excluding tert-OH is 7. The molecule has 1 unspecified atom stereocenters. The van der Waals surface area contributed by atoms with Crippen molar-refractivity contribution in [3.63, 3.8) is 0 Å². The SMILES string of the molecule is O=c1ccn([C@@H]2O[C@H](COP(=O)(O)OP(=O)(O)O)[C@@H](O)[C@H]2O)c(=O)[nH]1.OC[C@H]1O[C@H](O)[C@H](O)[C@@H](O)[C@@H]1O. The maximum absolute atomic E-state index is 11.7. The van der Waals surface area contributed by atoms with E-state index in [4.69, 9.17) is 44.9 Å². The molecule has 0 radical (unpaired) electrons. The number of rotatable bonds is 7. The number of aromatic amines is 1. The van der Waals surface area contributed by atoms with Crippen molar-refractivity contribution in [3.05, 3.63) is 33.1 Å². The van der Waals surface area contributed by atoms with Crippen molar-refractivity contribution in [3.8, 4) is 0 Å². The van der Waals surface area contributed by atoms with E-state index < -0.39 is 95.4 Å². The molecule has 11 N–H and O–H groups in total. The Hall–Kier alpha value is -1.42. The van der Waals surface area contributed by atoms with Gasteiger partial charge in [-0.05, 0) is 0 Å². The van der Waals surface area contributed by atoms with E-state index in [-0.39, 0.29) is 0 Å². The molecule has 1 aromatic heterocycles. The molecule has 0 saturated carbocycles. The molecular weight excluding hydrogens is 558 g/mol. The number of aromatic nitrogens is 2. The molecule has 0 aromatic carbocycles. The molecule has 22 heteroatoms. The van der Waals surface area contributed by atoms with Gasteiger partial charge in [-0.2, -0.15) is 4.31 Å². The monoisotopic (exact) mass is 584 g/mol. The van der Waals surface area contributed by atoms with E-state index in [1.165, 1.54) is 0 Å². The van der Waals surface area contributed by atoms with Crippen LogP contribution in [0.1, 0.15) is 6.23 Å². The molecule has 1 aromatic rings. The minimum atomic E-state index is -5.32. The average Bonchev–Trinajstić information content (AvgIpc) is 3.06. The fraction of sp³-hybridized carbons (Fsp3) is 0.733. The van der Waals surface area contributed by atoms with Crippen molar-refractivity contribution in [1.29, 1.82) is 0 Å². The van der Waals surface area contributed by atoms with Gasteiger partial charge in [0.1, 0.15) is 42.7 Å². The minimum absolute atomic E-state index is 0.526. The van der Waals surface area contributed by atoms with Crippen LogP contribution < -0.4 is 11.2 Å². The number of nitrogens with zero attached hydrogens (tertiary/aromatic N) is 1. The molecule has 0 bridgehead atoms. The molecular formula is C15H26N2O18P2. The first-order valence-corrected chi connectivity index (χ1v) is 13.1. The van der Waals surface area contributed by atoms with Crippen molar-refractivity contribution in [2.75, 3.05) is 13.2 Å². The molecule has 214 valence electrons. The van der Waals surface area contributed by atoms with E-state index in [1.54, 1.807) is 0 Å². The zero-order valence-electron chi connectivity index (χ0n) is 18.3. The standard InChI is InChI=1S/C9H14N2O12P2.C6H12O6/c12-5-1-2-11(9(15)10-5)8-7(14)6(13)4(22-8)3-21-25(19,20)23-24(16,17)18;7-1-2-3(8)4(9)5(10)6(11)12-2/h1-2,4,6-8,13-14H,3H2,(H,19,20)(H,10,12,15)(H2,16,17,18);2-11H,1H2/t4-,6-,7-,8-;2-,3-,4+,5-,6+/m11/s1. The summed E-state index contributed by atoms with van der Waals surface area (Å²) in [6, 6.07) is 0.962. The number of hydrogen-bond donors (Lipinski definition) is 11. The second-order valence-electron chi connectivity index (χ2n) is 7.62. The van der Waals surface area contributed by atoms with Gasteiger partial charge in [0.2, 0.25) is 0 Å². The number of ether oxygens (including phenoxy) is 2. The molecule has 0 amide bonds.